The minimum absolute atomic E-state index is 0.0610. The molecule has 0 atom stereocenters. The standard InChI is InChI=1S/C13H13N3O3/c1-16-11(13(18)19)10(8-15-16)12(17)14-7-9-5-3-2-4-6-9/h2-6,8H,7H2,1H3,(H,14,17)(H,18,19). The first-order valence-electron chi connectivity index (χ1n) is 5.67. The van der Waals surface area contributed by atoms with E-state index < -0.39 is 11.9 Å². The third-order valence-corrected chi connectivity index (χ3v) is 2.68. The van der Waals surface area contributed by atoms with E-state index in [4.69, 9.17) is 5.11 Å². The van der Waals surface area contributed by atoms with E-state index in [0.717, 1.165) is 5.56 Å². The molecule has 0 unspecified atom stereocenters. The van der Waals surface area contributed by atoms with Crippen LogP contribution >= 0.6 is 0 Å². The number of nitrogens with zero attached hydrogens (tertiary/aromatic N) is 2. The summed E-state index contributed by atoms with van der Waals surface area (Å²) in [6, 6.07) is 9.38. The van der Waals surface area contributed by atoms with Gasteiger partial charge in [0.15, 0.2) is 5.69 Å². The molecule has 0 spiro atoms. The van der Waals surface area contributed by atoms with Crippen LogP contribution in [0.2, 0.25) is 0 Å². The summed E-state index contributed by atoms with van der Waals surface area (Å²) >= 11 is 0. The van der Waals surface area contributed by atoms with Crippen LogP contribution in [0.3, 0.4) is 0 Å². The molecule has 1 aromatic carbocycles. The summed E-state index contributed by atoms with van der Waals surface area (Å²) in [6.07, 6.45) is 1.25. The van der Waals surface area contributed by atoms with E-state index in [1.165, 1.54) is 17.9 Å². The van der Waals surface area contributed by atoms with Crippen molar-refractivity contribution in [3.63, 3.8) is 0 Å². The number of aromatic nitrogens is 2. The summed E-state index contributed by atoms with van der Waals surface area (Å²) in [5, 5.41) is 15.5. The van der Waals surface area contributed by atoms with Crippen LogP contribution in [0.4, 0.5) is 0 Å². The highest BCUT2D eigenvalue weighted by Gasteiger charge is 2.21. The topological polar surface area (TPSA) is 84.2 Å². The summed E-state index contributed by atoms with van der Waals surface area (Å²) in [5.41, 5.74) is 0.883. The Kier molecular flexibility index (Phi) is 3.61. The molecule has 6 nitrogen and oxygen atoms in total. The van der Waals surface area contributed by atoms with Gasteiger partial charge in [0.2, 0.25) is 0 Å². The monoisotopic (exact) mass is 259 g/mol. The Balaban J connectivity index is 2.11. The Morgan fingerprint density at radius 3 is 2.63 bits per heavy atom. The van der Waals surface area contributed by atoms with Crippen molar-refractivity contribution in [3.05, 3.63) is 53.3 Å². The Morgan fingerprint density at radius 2 is 2.00 bits per heavy atom. The number of rotatable bonds is 4. The maximum atomic E-state index is 11.9. The van der Waals surface area contributed by atoms with Crippen molar-refractivity contribution in [2.75, 3.05) is 0 Å². The van der Waals surface area contributed by atoms with E-state index in [9.17, 15) is 9.59 Å². The average molecular weight is 259 g/mol. The first-order valence-corrected chi connectivity index (χ1v) is 5.67. The molecule has 0 saturated carbocycles. The lowest BCUT2D eigenvalue weighted by Gasteiger charge is -2.05. The summed E-state index contributed by atoms with van der Waals surface area (Å²) in [5.74, 6) is -1.63. The van der Waals surface area contributed by atoms with E-state index in [1.54, 1.807) is 0 Å². The number of carbonyl (C=O) groups excluding carboxylic acids is 1. The first kappa shape index (κ1) is 12.8. The number of aryl methyl sites for hydroxylation is 1. The largest absolute Gasteiger partial charge is 0.477 e. The molecule has 98 valence electrons. The van der Waals surface area contributed by atoms with Gasteiger partial charge >= 0.3 is 5.97 Å². The van der Waals surface area contributed by atoms with Gasteiger partial charge in [-0.2, -0.15) is 5.10 Å². The molecular weight excluding hydrogens is 246 g/mol. The van der Waals surface area contributed by atoms with Crippen LogP contribution in [-0.2, 0) is 13.6 Å². The molecule has 2 rings (SSSR count). The molecule has 0 saturated heterocycles. The van der Waals surface area contributed by atoms with E-state index in [2.05, 4.69) is 10.4 Å². The van der Waals surface area contributed by atoms with Crippen LogP contribution in [0, 0.1) is 0 Å². The van der Waals surface area contributed by atoms with Crippen LogP contribution in [0.5, 0.6) is 0 Å². The number of aromatic carboxylic acids is 1. The Morgan fingerprint density at radius 1 is 1.32 bits per heavy atom. The summed E-state index contributed by atoms with van der Waals surface area (Å²) in [4.78, 5) is 23.0. The van der Waals surface area contributed by atoms with Crippen molar-refractivity contribution < 1.29 is 14.7 Å². The van der Waals surface area contributed by atoms with Crippen molar-refractivity contribution in [2.45, 2.75) is 6.54 Å². The molecule has 0 aliphatic heterocycles. The normalized spacial score (nSPS) is 10.2. The average Bonchev–Trinajstić information content (AvgIpc) is 2.79. The number of carboxylic acids is 1. The predicted molar refractivity (Wildman–Crippen MR) is 67.8 cm³/mol. The van der Waals surface area contributed by atoms with Crippen molar-refractivity contribution in [1.82, 2.24) is 15.1 Å². The fourth-order valence-corrected chi connectivity index (χ4v) is 1.73. The third kappa shape index (κ3) is 2.79. The number of amides is 1. The SMILES string of the molecule is Cn1ncc(C(=O)NCc2ccccc2)c1C(=O)O. The second-order valence-corrected chi connectivity index (χ2v) is 4.00. The van der Waals surface area contributed by atoms with Gasteiger partial charge in [0.1, 0.15) is 0 Å². The lowest BCUT2D eigenvalue weighted by Crippen LogP contribution is -2.24. The maximum absolute atomic E-state index is 11.9. The molecule has 1 heterocycles. The van der Waals surface area contributed by atoms with Gasteiger partial charge in [0.25, 0.3) is 5.91 Å². The van der Waals surface area contributed by atoms with Gasteiger partial charge in [-0.05, 0) is 5.56 Å². The van der Waals surface area contributed by atoms with Crippen molar-refractivity contribution in [2.24, 2.45) is 7.05 Å². The Labute approximate surface area is 109 Å². The number of nitrogens with one attached hydrogen (secondary N) is 1. The van der Waals surface area contributed by atoms with E-state index >= 15 is 0 Å². The van der Waals surface area contributed by atoms with E-state index in [0.29, 0.717) is 6.54 Å². The summed E-state index contributed by atoms with van der Waals surface area (Å²) in [7, 11) is 1.48. The minimum atomic E-state index is -1.18. The van der Waals surface area contributed by atoms with Gasteiger partial charge in [-0.25, -0.2) is 4.79 Å². The van der Waals surface area contributed by atoms with Gasteiger partial charge in [0, 0.05) is 13.6 Å². The maximum Gasteiger partial charge on any atom is 0.354 e. The number of benzene rings is 1. The highest BCUT2D eigenvalue weighted by Crippen LogP contribution is 2.08. The third-order valence-electron chi connectivity index (χ3n) is 2.68. The fourth-order valence-electron chi connectivity index (χ4n) is 1.73. The molecular formula is C13H13N3O3. The second-order valence-electron chi connectivity index (χ2n) is 4.00. The van der Waals surface area contributed by atoms with Crippen LogP contribution < -0.4 is 5.32 Å². The molecule has 2 N–H and O–H groups in total. The van der Waals surface area contributed by atoms with Crippen LogP contribution in [-0.4, -0.2) is 26.8 Å². The molecule has 0 bridgehead atoms. The van der Waals surface area contributed by atoms with E-state index in [-0.39, 0.29) is 11.3 Å². The van der Waals surface area contributed by atoms with Gasteiger partial charge in [0.05, 0.1) is 11.8 Å². The molecule has 0 radical (unpaired) electrons. The highest BCUT2D eigenvalue weighted by molar-refractivity contribution is 6.03. The number of carboxylic acid groups (broad SMARTS) is 1. The molecule has 0 aliphatic carbocycles. The molecule has 19 heavy (non-hydrogen) atoms. The molecule has 0 fully saturated rings. The van der Waals surface area contributed by atoms with Crippen LogP contribution in [0.25, 0.3) is 0 Å². The zero-order valence-electron chi connectivity index (χ0n) is 10.3. The van der Waals surface area contributed by atoms with Crippen LogP contribution in [0.15, 0.2) is 36.5 Å². The highest BCUT2D eigenvalue weighted by atomic mass is 16.4. The Hall–Kier alpha value is -2.63. The zero-order valence-corrected chi connectivity index (χ0v) is 10.3. The first-order chi connectivity index (χ1) is 9.09. The minimum Gasteiger partial charge on any atom is -0.477 e. The lowest BCUT2D eigenvalue weighted by atomic mass is 10.2. The number of carbonyl (C=O) groups is 2. The van der Waals surface area contributed by atoms with Gasteiger partial charge in [-0.3, -0.25) is 9.48 Å². The Bertz CT molecular complexity index is 605. The molecule has 2 aromatic rings. The molecule has 6 heteroatoms. The van der Waals surface area contributed by atoms with Gasteiger partial charge in [-0.15, -0.1) is 0 Å². The van der Waals surface area contributed by atoms with Gasteiger partial charge in [-0.1, -0.05) is 30.3 Å². The zero-order chi connectivity index (χ0) is 13.8. The van der Waals surface area contributed by atoms with Crippen molar-refractivity contribution in [3.8, 4) is 0 Å². The van der Waals surface area contributed by atoms with Gasteiger partial charge < -0.3 is 10.4 Å². The summed E-state index contributed by atoms with van der Waals surface area (Å²) < 4.78 is 1.17. The second kappa shape index (κ2) is 5.34. The lowest BCUT2D eigenvalue weighted by molar-refractivity contribution is 0.0679. The molecule has 1 aromatic heterocycles. The fraction of sp³-hybridized carbons (Fsp3) is 0.154. The van der Waals surface area contributed by atoms with Crippen molar-refractivity contribution in [1.29, 1.82) is 0 Å². The molecule has 0 aliphatic rings. The van der Waals surface area contributed by atoms with Crippen molar-refractivity contribution >= 4 is 11.9 Å². The smallest absolute Gasteiger partial charge is 0.354 e. The summed E-state index contributed by atoms with van der Waals surface area (Å²) in [6.45, 7) is 0.341. The number of hydrogen-bond acceptors (Lipinski definition) is 3. The van der Waals surface area contributed by atoms with Crippen LogP contribution in [0.1, 0.15) is 26.4 Å². The number of hydrogen-bond donors (Lipinski definition) is 2. The molecule has 1 amide bonds. The quantitative estimate of drug-likeness (QED) is 0.859. The van der Waals surface area contributed by atoms with E-state index in [1.807, 2.05) is 30.3 Å². The predicted octanol–water partition coefficient (Wildman–Crippen LogP) is 1.05.